The number of hydrogen-bond acceptors (Lipinski definition) is 3. The summed E-state index contributed by atoms with van der Waals surface area (Å²) in [4.78, 5) is 46.3. The number of aromatic amines is 1. The third-order valence-electron chi connectivity index (χ3n) is 9.04. The Kier molecular flexibility index (Phi) is 9.72. The summed E-state index contributed by atoms with van der Waals surface area (Å²) in [6, 6.07) is 38.5. The summed E-state index contributed by atoms with van der Waals surface area (Å²) in [5.41, 5.74) is 7.68. The van der Waals surface area contributed by atoms with Crippen LogP contribution in [0.1, 0.15) is 44.1 Å². The van der Waals surface area contributed by atoms with Gasteiger partial charge in [-0.1, -0.05) is 120 Å². The molecular weight excluding hydrogens is 610 g/mol. The van der Waals surface area contributed by atoms with E-state index in [2.05, 4.69) is 10.3 Å². The fourth-order valence-electron chi connectivity index (χ4n) is 6.69. The highest BCUT2D eigenvalue weighted by Gasteiger charge is 2.39. The Balaban J connectivity index is 1.42. The summed E-state index contributed by atoms with van der Waals surface area (Å²) in [5, 5.41) is 14.1. The maximum atomic E-state index is 14.7. The summed E-state index contributed by atoms with van der Waals surface area (Å²) in [6.45, 7) is 3.86. The van der Waals surface area contributed by atoms with Gasteiger partial charge in [0, 0.05) is 42.0 Å². The first-order chi connectivity index (χ1) is 23.7. The van der Waals surface area contributed by atoms with Crippen LogP contribution in [-0.4, -0.2) is 51.9 Å². The molecule has 2 amide bonds. The molecule has 1 unspecified atom stereocenters. The lowest BCUT2D eigenvalue weighted by molar-refractivity contribution is -0.142. The van der Waals surface area contributed by atoms with Gasteiger partial charge in [-0.05, 0) is 59.9 Å². The van der Waals surface area contributed by atoms with E-state index in [0.29, 0.717) is 5.56 Å². The first kappa shape index (κ1) is 33.0. The number of carbonyl (C=O) groups excluding carboxylic acids is 2. The molecule has 1 aromatic heterocycles. The number of aryl methyl sites for hydroxylation is 2. The van der Waals surface area contributed by atoms with Gasteiger partial charge >= 0.3 is 5.97 Å². The van der Waals surface area contributed by atoms with Crippen LogP contribution >= 0.6 is 0 Å². The minimum absolute atomic E-state index is 0.0638. The standard InChI is InChI=1S/C42H39N3O4/c1-27-22-28(2)24-33(23-27)41(47)45(3)39(40(46)44-37(42(48)49)25-34-26-43-36-17-11-10-16-35(34)36)38(31-14-8-5-9-15-31)32-20-18-30(19-21-32)29-12-6-4-7-13-29/h4-24,26,37-39,43H,25H2,1-3H3,(H,44,46)(H,48,49)/t37-,38?,39-/m0/s1. The number of H-pyrrole nitrogens is 1. The average Bonchev–Trinajstić information content (AvgIpc) is 3.52. The third kappa shape index (κ3) is 7.31. The van der Waals surface area contributed by atoms with E-state index in [9.17, 15) is 19.5 Å². The van der Waals surface area contributed by atoms with Gasteiger partial charge in [0.05, 0.1) is 0 Å². The molecule has 0 radical (unpaired) electrons. The van der Waals surface area contributed by atoms with Gasteiger partial charge in [-0.3, -0.25) is 9.59 Å². The van der Waals surface area contributed by atoms with Crippen molar-refractivity contribution in [2.75, 3.05) is 7.05 Å². The predicted octanol–water partition coefficient (Wildman–Crippen LogP) is 7.54. The zero-order valence-corrected chi connectivity index (χ0v) is 27.8. The molecule has 5 aromatic carbocycles. The van der Waals surface area contributed by atoms with Gasteiger partial charge in [-0.15, -0.1) is 0 Å². The van der Waals surface area contributed by atoms with Crippen molar-refractivity contribution in [3.8, 4) is 11.1 Å². The summed E-state index contributed by atoms with van der Waals surface area (Å²) in [6.07, 6.45) is 1.84. The first-order valence-corrected chi connectivity index (χ1v) is 16.3. The van der Waals surface area contributed by atoms with E-state index in [-0.39, 0.29) is 12.3 Å². The quantitative estimate of drug-likeness (QED) is 0.135. The van der Waals surface area contributed by atoms with Crippen molar-refractivity contribution in [3.63, 3.8) is 0 Å². The van der Waals surface area contributed by atoms with E-state index < -0.39 is 29.9 Å². The number of carboxylic acid groups (broad SMARTS) is 1. The van der Waals surface area contributed by atoms with Crippen molar-refractivity contribution in [1.29, 1.82) is 0 Å². The maximum absolute atomic E-state index is 14.7. The molecular formula is C42H39N3O4. The lowest BCUT2D eigenvalue weighted by Crippen LogP contribution is -2.55. The van der Waals surface area contributed by atoms with Crippen LogP contribution < -0.4 is 5.32 Å². The molecule has 0 aliphatic rings. The van der Waals surface area contributed by atoms with E-state index in [1.54, 1.807) is 13.2 Å². The van der Waals surface area contributed by atoms with Crippen molar-refractivity contribution in [1.82, 2.24) is 15.2 Å². The molecule has 0 aliphatic heterocycles. The SMILES string of the molecule is Cc1cc(C)cc(C(=O)N(C)[C@H](C(=O)N[C@@H](Cc2c[nH]c3ccccc23)C(=O)O)C(c2ccccc2)c2ccc(-c3ccccc3)cc2)c1. The number of para-hydroxylation sites is 1. The number of aromatic nitrogens is 1. The lowest BCUT2D eigenvalue weighted by atomic mass is 9.82. The molecule has 6 rings (SSSR count). The average molecular weight is 650 g/mol. The molecule has 7 heteroatoms. The molecule has 3 N–H and O–H groups in total. The Labute approximate surface area is 286 Å². The molecule has 1 heterocycles. The zero-order valence-electron chi connectivity index (χ0n) is 27.8. The molecule has 0 bridgehead atoms. The van der Waals surface area contributed by atoms with Crippen molar-refractivity contribution in [3.05, 3.63) is 167 Å². The molecule has 0 fully saturated rings. The number of likely N-dealkylation sites (N-methyl/N-ethyl adjacent to an activating group) is 1. The number of amides is 2. The second-order valence-electron chi connectivity index (χ2n) is 12.6. The fraction of sp³-hybridized carbons (Fsp3) is 0.167. The van der Waals surface area contributed by atoms with Crippen LogP contribution in [0.15, 0.2) is 134 Å². The number of rotatable bonds is 11. The zero-order chi connectivity index (χ0) is 34.5. The number of nitrogens with one attached hydrogen (secondary N) is 2. The first-order valence-electron chi connectivity index (χ1n) is 16.3. The fourth-order valence-corrected chi connectivity index (χ4v) is 6.69. The van der Waals surface area contributed by atoms with Gasteiger partial charge in [0.1, 0.15) is 12.1 Å². The number of nitrogens with zero attached hydrogens (tertiary/aromatic N) is 1. The minimum atomic E-state index is -1.24. The van der Waals surface area contributed by atoms with Crippen LogP contribution in [0.5, 0.6) is 0 Å². The van der Waals surface area contributed by atoms with Crippen molar-refractivity contribution in [2.45, 2.75) is 38.3 Å². The van der Waals surface area contributed by atoms with Gasteiger partial charge < -0.3 is 20.3 Å². The number of carbonyl (C=O) groups is 3. The number of benzene rings is 5. The maximum Gasteiger partial charge on any atom is 0.326 e. The summed E-state index contributed by atoms with van der Waals surface area (Å²) < 4.78 is 0. The van der Waals surface area contributed by atoms with Crippen LogP contribution in [0.25, 0.3) is 22.0 Å². The van der Waals surface area contributed by atoms with Crippen molar-refractivity contribution >= 4 is 28.7 Å². The summed E-state index contributed by atoms with van der Waals surface area (Å²) in [7, 11) is 1.62. The Bertz CT molecular complexity index is 2070. The third-order valence-corrected chi connectivity index (χ3v) is 9.04. The number of hydrogen-bond donors (Lipinski definition) is 3. The van der Waals surface area contributed by atoms with Crippen LogP contribution in [-0.2, 0) is 16.0 Å². The van der Waals surface area contributed by atoms with E-state index >= 15 is 0 Å². The number of fused-ring (bicyclic) bond motifs is 1. The summed E-state index contributed by atoms with van der Waals surface area (Å²) in [5.74, 6) is -2.68. The minimum Gasteiger partial charge on any atom is -0.480 e. The molecule has 6 aromatic rings. The molecule has 0 spiro atoms. The Morgan fingerprint density at radius 2 is 1.31 bits per heavy atom. The van der Waals surface area contributed by atoms with Crippen molar-refractivity contribution in [2.24, 2.45) is 0 Å². The van der Waals surface area contributed by atoms with E-state index in [1.165, 1.54) is 4.90 Å². The smallest absolute Gasteiger partial charge is 0.326 e. The molecule has 7 nitrogen and oxygen atoms in total. The van der Waals surface area contributed by atoms with Crippen LogP contribution in [0.2, 0.25) is 0 Å². The van der Waals surface area contributed by atoms with E-state index in [1.807, 2.05) is 141 Å². The molecule has 246 valence electrons. The van der Waals surface area contributed by atoms with Gasteiger partial charge in [0.15, 0.2) is 0 Å². The normalized spacial score (nSPS) is 13.0. The van der Waals surface area contributed by atoms with Crippen LogP contribution in [0.3, 0.4) is 0 Å². The molecule has 49 heavy (non-hydrogen) atoms. The Morgan fingerprint density at radius 1 is 0.735 bits per heavy atom. The van der Waals surface area contributed by atoms with E-state index in [4.69, 9.17) is 0 Å². The Morgan fingerprint density at radius 3 is 1.96 bits per heavy atom. The van der Waals surface area contributed by atoms with Gasteiger partial charge in [-0.2, -0.15) is 0 Å². The highest BCUT2D eigenvalue weighted by atomic mass is 16.4. The highest BCUT2D eigenvalue weighted by molar-refractivity contribution is 5.99. The van der Waals surface area contributed by atoms with Gasteiger partial charge in [0.2, 0.25) is 5.91 Å². The molecule has 0 saturated heterocycles. The molecule has 3 atom stereocenters. The summed E-state index contributed by atoms with van der Waals surface area (Å²) >= 11 is 0. The van der Waals surface area contributed by atoms with Gasteiger partial charge in [0.25, 0.3) is 5.91 Å². The van der Waals surface area contributed by atoms with Gasteiger partial charge in [-0.25, -0.2) is 4.79 Å². The molecule has 0 aliphatic carbocycles. The predicted molar refractivity (Wildman–Crippen MR) is 194 cm³/mol. The topological polar surface area (TPSA) is 103 Å². The van der Waals surface area contributed by atoms with Crippen LogP contribution in [0, 0.1) is 13.8 Å². The van der Waals surface area contributed by atoms with Crippen molar-refractivity contribution < 1.29 is 19.5 Å². The Hall–Kier alpha value is -5.95. The second kappa shape index (κ2) is 14.4. The highest BCUT2D eigenvalue weighted by Crippen LogP contribution is 2.34. The second-order valence-corrected chi connectivity index (χ2v) is 12.6. The lowest BCUT2D eigenvalue weighted by Gasteiger charge is -2.35. The number of carboxylic acids is 1. The largest absolute Gasteiger partial charge is 0.480 e. The van der Waals surface area contributed by atoms with E-state index in [0.717, 1.165) is 49.8 Å². The molecule has 0 saturated carbocycles. The number of aliphatic carboxylic acids is 1. The van der Waals surface area contributed by atoms with Crippen LogP contribution in [0.4, 0.5) is 0 Å². The monoisotopic (exact) mass is 649 g/mol.